The van der Waals surface area contributed by atoms with Crippen LogP contribution in [0.4, 0.5) is 5.13 Å². The maximum absolute atomic E-state index is 12.1. The van der Waals surface area contributed by atoms with Gasteiger partial charge in [-0.3, -0.25) is 10.1 Å². The van der Waals surface area contributed by atoms with Gasteiger partial charge in [0.1, 0.15) is 0 Å². The third-order valence-corrected chi connectivity index (χ3v) is 5.35. The number of benzene rings is 2. The van der Waals surface area contributed by atoms with E-state index in [4.69, 9.17) is 23.2 Å². The van der Waals surface area contributed by atoms with Crippen molar-refractivity contribution in [1.29, 1.82) is 0 Å². The number of thiazole rings is 1. The Bertz CT molecular complexity index is 975. The Morgan fingerprint density at radius 3 is 2.54 bits per heavy atom. The van der Waals surface area contributed by atoms with Gasteiger partial charge in [-0.2, -0.15) is 0 Å². The third-order valence-electron chi connectivity index (χ3n) is 3.94. The molecule has 1 amide bonds. The summed E-state index contributed by atoms with van der Waals surface area (Å²) in [6, 6.07) is 11.4. The standard InChI is InChI=1S/C20H16Cl2N2OS/c1-12-6-7-14(10-13(12)2)18-11-26-20(23-18)24-19(25)9-8-15-16(21)4-3-5-17(15)22/h3-11H,1-2H3,(H,23,24,25)/b9-8+. The molecule has 0 fully saturated rings. The number of amides is 1. The van der Waals surface area contributed by atoms with E-state index >= 15 is 0 Å². The van der Waals surface area contributed by atoms with E-state index in [0.29, 0.717) is 20.7 Å². The molecule has 3 aromatic rings. The van der Waals surface area contributed by atoms with Gasteiger partial charge in [0.15, 0.2) is 5.13 Å². The van der Waals surface area contributed by atoms with Crippen molar-refractivity contribution in [3.63, 3.8) is 0 Å². The molecule has 0 atom stereocenters. The molecule has 6 heteroatoms. The molecule has 0 aliphatic carbocycles. The van der Waals surface area contributed by atoms with Crippen molar-refractivity contribution in [2.24, 2.45) is 0 Å². The van der Waals surface area contributed by atoms with Gasteiger partial charge < -0.3 is 0 Å². The molecule has 0 spiro atoms. The largest absolute Gasteiger partial charge is 0.298 e. The maximum atomic E-state index is 12.1. The quantitative estimate of drug-likeness (QED) is 0.513. The molecule has 2 aromatic carbocycles. The Balaban J connectivity index is 1.71. The Labute approximate surface area is 166 Å². The van der Waals surface area contributed by atoms with E-state index in [1.165, 1.54) is 28.5 Å². The molecule has 26 heavy (non-hydrogen) atoms. The van der Waals surface area contributed by atoms with Crippen LogP contribution in [0.15, 0.2) is 47.9 Å². The molecule has 3 rings (SSSR count). The Kier molecular flexibility index (Phi) is 5.77. The first-order chi connectivity index (χ1) is 12.4. The number of aryl methyl sites for hydroxylation is 2. The summed E-state index contributed by atoms with van der Waals surface area (Å²) in [5.74, 6) is -0.290. The Morgan fingerprint density at radius 2 is 1.85 bits per heavy atom. The first-order valence-corrected chi connectivity index (χ1v) is 9.54. The van der Waals surface area contributed by atoms with Gasteiger partial charge in [0.2, 0.25) is 5.91 Å². The van der Waals surface area contributed by atoms with Crippen LogP contribution < -0.4 is 5.32 Å². The summed E-state index contributed by atoms with van der Waals surface area (Å²) in [7, 11) is 0. The summed E-state index contributed by atoms with van der Waals surface area (Å²) in [6.07, 6.45) is 2.99. The molecule has 132 valence electrons. The highest BCUT2D eigenvalue weighted by Gasteiger charge is 2.08. The second-order valence-electron chi connectivity index (χ2n) is 5.79. The molecule has 1 N–H and O–H groups in total. The molecule has 0 bridgehead atoms. The van der Waals surface area contributed by atoms with Gasteiger partial charge in [-0.1, -0.05) is 41.4 Å². The highest BCUT2D eigenvalue weighted by Crippen LogP contribution is 2.27. The molecule has 0 unspecified atom stereocenters. The molecular weight excluding hydrogens is 387 g/mol. The summed E-state index contributed by atoms with van der Waals surface area (Å²) >= 11 is 13.6. The minimum atomic E-state index is -0.290. The van der Waals surface area contributed by atoms with Crippen LogP contribution in [0, 0.1) is 13.8 Å². The van der Waals surface area contributed by atoms with Crippen molar-refractivity contribution >= 4 is 51.7 Å². The van der Waals surface area contributed by atoms with E-state index < -0.39 is 0 Å². The van der Waals surface area contributed by atoms with Crippen molar-refractivity contribution in [3.05, 3.63) is 74.6 Å². The smallest absolute Gasteiger partial charge is 0.250 e. The molecule has 0 aliphatic rings. The van der Waals surface area contributed by atoms with Crippen LogP contribution in [-0.4, -0.2) is 10.9 Å². The van der Waals surface area contributed by atoms with Crippen LogP contribution >= 0.6 is 34.5 Å². The normalized spacial score (nSPS) is 11.1. The van der Waals surface area contributed by atoms with Crippen LogP contribution in [0.25, 0.3) is 17.3 Å². The molecule has 0 saturated carbocycles. The summed E-state index contributed by atoms with van der Waals surface area (Å²) in [6.45, 7) is 4.14. The van der Waals surface area contributed by atoms with Crippen LogP contribution in [0.2, 0.25) is 10.0 Å². The molecule has 0 saturated heterocycles. The average molecular weight is 403 g/mol. The third kappa shape index (κ3) is 4.33. The first-order valence-electron chi connectivity index (χ1n) is 7.90. The fourth-order valence-corrected chi connectivity index (χ4v) is 3.59. The van der Waals surface area contributed by atoms with Gasteiger partial charge in [0, 0.05) is 32.6 Å². The number of rotatable bonds is 4. The summed E-state index contributed by atoms with van der Waals surface area (Å²) in [5.41, 5.74) is 4.93. The lowest BCUT2D eigenvalue weighted by molar-refractivity contribution is -0.111. The van der Waals surface area contributed by atoms with Crippen LogP contribution in [0.3, 0.4) is 0 Å². The lowest BCUT2D eigenvalue weighted by Gasteiger charge is -2.02. The minimum Gasteiger partial charge on any atom is -0.298 e. The number of aromatic nitrogens is 1. The van der Waals surface area contributed by atoms with E-state index in [-0.39, 0.29) is 5.91 Å². The fraction of sp³-hybridized carbons (Fsp3) is 0.100. The van der Waals surface area contributed by atoms with E-state index in [1.54, 1.807) is 24.3 Å². The lowest BCUT2D eigenvalue weighted by Crippen LogP contribution is -2.07. The topological polar surface area (TPSA) is 42.0 Å². The van der Waals surface area contributed by atoms with Crippen LogP contribution in [0.5, 0.6) is 0 Å². The molecule has 0 radical (unpaired) electrons. The van der Waals surface area contributed by atoms with Gasteiger partial charge >= 0.3 is 0 Å². The van der Waals surface area contributed by atoms with Crippen molar-refractivity contribution < 1.29 is 4.79 Å². The van der Waals surface area contributed by atoms with Crippen molar-refractivity contribution in [1.82, 2.24) is 4.98 Å². The van der Waals surface area contributed by atoms with Gasteiger partial charge in [-0.15, -0.1) is 11.3 Å². The van der Waals surface area contributed by atoms with Crippen molar-refractivity contribution in [2.75, 3.05) is 5.32 Å². The molecule has 0 aliphatic heterocycles. The number of hydrogen-bond acceptors (Lipinski definition) is 3. The summed E-state index contributed by atoms with van der Waals surface area (Å²) in [5, 5.41) is 6.21. The zero-order valence-electron chi connectivity index (χ0n) is 14.2. The predicted molar refractivity (Wildman–Crippen MR) is 111 cm³/mol. The average Bonchev–Trinajstić information content (AvgIpc) is 3.05. The lowest BCUT2D eigenvalue weighted by atomic mass is 10.1. The van der Waals surface area contributed by atoms with Crippen LogP contribution in [0.1, 0.15) is 16.7 Å². The van der Waals surface area contributed by atoms with Crippen molar-refractivity contribution in [2.45, 2.75) is 13.8 Å². The fourth-order valence-electron chi connectivity index (χ4n) is 2.34. The first kappa shape index (κ1) is 18.6. The molecule has 1 heterocycles. The van der Waals surface area contributed by atoms with Gasteiger partial charge in [0.05, 0.1) is 5.69 Å². The molecule has 3 nitrogen and oxygen atoms in total. The van der Waals surface area contributed by atoms with Gasteiger partial charge in [-0.25, -0.2) is 4.98 Å². The van der Waals surface area contributed by atoms with Gasteiger partial charge in [0.25, 0.3) is 0 Å². The second kappa shape index (κ2) is 8.04. The highest BCUT2D eigenvalue weighted by molar-refractivity contribution is 7.14. The maximum Gasteiger partial charge on any atom is 0.250 e. The number of anilines is 1. The van der Waals surface area contributed by atoms with E-state index in [2.05, 4.69) is 36.3 Å². The molecule has 1 aromatic heterocycles. The number of carbonyl (C=O) groups excluding carboxylic acids is 1. The second-order valence-corrected chi connectivity index (χ2v) is 7.47. The summed E-state index contributed by atoms with van der Waals surface area (Å²) in [4.78, 5) is 16.6. The SMILES string of the molecule is Cc1ccc(-c2csc(NC(=O)/C=C/c3c(Cl)cccc3Cl)n2)cc1C. The van der Waals surface area contributed by atoms with E-state index in [1.807, 2.05) is 11.4 Å². The predicted octanol–water partition coefficient (Wildman–Crippen LogP) is 6.39. The minimum absolute atomic E-state index is 0.290. The zero-order valence-corrected chi connectivity index (χ0v) is 16.5. The van der Waals surface area contributed by atoms with E-state index in [0.717, 1.165) is 11.3 Å². The number of halogens is 2. The number of nitrogens with zero attached hydrogens (tertiary/aromatic N) is 1. The Morgan fingerprint density at radius 1 is 1.12 bits per heavy atom. The number of hydrogen-bond donors (Lipinski definition) is 1. The monoisotopic (exact) mass is 402 g/mol. The number of nitrogens with one attached hydrogen (secondary N) is 1. The van der Waals surface area contributed by atoms with Gasteiger partial charge in [-0.05, 0) is 49.2 Å². The van der Waals surface area contributed by atoms with E-state index in [9.17, 15) is 4.79 Å². The van der Waals surface area contributed by atoms with Crippen LogP contribution in [-0.2, 0) is 4.79 Å². The van der Waals surface area contributed by atoms with Crippen molar-refractivity contribution in [3.8, 4) is 11.3 Å². The molecular formula is C20H16Cl2N2OS. The Hall–Kier alpha value is -2.14. The highest BCUT2D eigenvalue weighted by atomic mass is 35.5. The zero-order chi connectivity index (χ0) is 18.7. The number of carbonyl (C=O) groups is 1. The summed E-state index contributed by atoms with van der Waals surface area (Å²) < 4.78 is 0.